The van der Waals surface area contributed by atoms with Crippen molar-refractivity contribution >= 4 is 17.5 Å². The second kappa shape index (κ2) is 7.79. The molecule has 0 aliphatic carbocycles. The Morgan fingerprint density at radius 3 is 2.33 bits per heavy atom. The molecule has 1 N–H and O–H groups in total. The number of hydrogen-bond donors (Lipinski definition) is 1. The van der Waals surface area contributed by atoms with Crippen LogP contribution in [0, 0.1) is 0 Å². The summed E-state index contributed by atoms with van der Waals surface area (Å²) in [5.74, 6) is 0.171. The van der Waals surface area contributed by atoms with Gasteiger partial charge in [0.1, 0.15) is 0 Å². The molecule has 0 spiro atoms. The maximum atomic E-state index is 12.5. The van der Waals surface area contributed by atoms with Crippen LogP contribution in [0.4, 0.5) is 13.2 Å². The summed E-state index contributed by atoms with van der Waals surface area (Å²) >= 11 is 5.82. The van der Waals surface area contributed by atoms with Crippen LogP contribution < -0.4 is 5.32 Å². The Balaban J connectivity index is 1.54. The van der Waals surface area contributed by atoms with E-state index < -0.39 is 17.6 Å². The first-order valence-electron chi connectivity index (χ1n) is 7.87. The average molecular weight is 396 g/mol. The number of amides is 1. The number of rotatable bonds is 5. The number of nitrogens with one attached hydrogen (secondary N) is 1. The van der Waals surface area contributed by atoms with E-state index in [9.17, 15) is 18.0 Å². The minimum absolute atomic E-state index is 0.135. The monoisotopic (exact) mass is 395 g/mol. The summed E-state index contributed by atoms with van der Waals surface area (Å²) < 4.78 is 43.1. The molecule has 1 heterocycles. The van der Waals surface area contributed by atoms with Crippen LogP contribution in [0.1, 0.15) is 21.8 Å². The lowest BCUT2D eigenvalue weighted by atomic mass is 10.1. The van der Waals surface area contributed by atoms with E-state index in [0.717, 1.165) is 24.3 Å². The second-order valence-electron chi connectivity index (χ2n) is 5.59. The van der Waals surface area contributed by atoms with E-state index in [1.54, 1.807) is 24.3 Å². The maximum absolute atomic E-state index is 12.5. The molecular weight excluding hydrogens is 383 g/mol. The standard InChI is InChI=1S/C18H13ClF3N3O2/c19-14-7-3-12(4-8-14)17-25-24-15(27-17)9-10-23-16(26)11-1-5-13(6-2-11)18(20,21)22/h1-8H,9-10H2,(H,23,26). The Hall–Kier alpha value is -2.87. The summed E-state index contributed by atoms with van der Waals surface area (Å²) in [5.41, 5.74) is 0.0435. The van der Waals surface area contributed by atoms with Crippen LogP contribution >= 0.6 is 11.6 Å². The topological polar surface area (TPSA) is 68.0 Å². The molecule has 0 bridgehead atoms. The van der Waals surface area contributed by atoms with Gasteiger partial charge in [0, 0.05) is 29.1 Å². The Labute approximate surface area is 157 Å². The van der Waals surface area contributed by atoms with Crippen molar-refractivity contribution in [3.63, 3.8) is 0 Å². The second-order valence-corrected chi connectivity index (χ2v) is 6.03. The van der Waals surface area contributed by atoms with E-state index in [2.05, 4.69) is 15.5 Å². The molecule has 0 atom stereocenters. The molecule has 0 fully saturated rings. The van der Waals surface area contributed by atoms with Crippen molar-refractivity contribution in [2.24, 2.45) is 0 Å². The zero-order valence-corrected chi connectivity index (χ0v) is 14.5. The van der Waals surface area contributed by atoms with E-state index in [-0.39, 0.29) is 18.5 Å². The van der Waals surface area contributed by atoms with Gasteiger partial charge in [-0.15, -0.1) is 10.2 Å². The predicted octanol–water partition coefficient (Wildman–Crippen LogP) is 4.38. The predicted molar refractivity (Wildman–Crippen MR) is 92.2 cm³/mol. The highest BCUT2D eigenvalue weighted by molar-refractivity contribution is 6.30. The molecule has 9 heteroatoms. The van der Waals surface area contributed by atoms with E-state index in [1.165, 1.54) is 0 Å². The van der Waals surface area contributed by atoms with Crippen LogP contribution in [0.3, 0.4) is 0 Å². The molecule has 0 aliphatic rings. The minimum atomic E-state index is -4.44. The summed E-state index contributed by atoms with van der Waals surface area (Å²) in [6.07, 6.45) is -4.15. The lowest BCUT2D eigenvalue weighted by Gasteiger charge is -2.07. The quantitative estimate of drug-likeness (QED) is 0.696. The number of aromatic nitrogens is 2. The van der Waals surface area contributed by atoms with Crippen molar-refractivity contribution in [3.8, 4) is 11.5 Å². The largest absolute Gasteiger partial charge is 0.421 e. The maximum Gasteiger partial charge on any atom is 0.416 e. The van der Waals surface area contributed by atoms with Gasteiger partial charge in [-0.05, 0) is 48.5 Å². The third-order valence-corrected chi connectivity index (χ3v) is 3.91. The smallest absolute Gasteiger partial charge is 0.416 e. The van der Waals surface area contributed by atoms with Gasteiger partial charge in [0.25, 0.3) is 5.91 Å². The number of halogens is 4. The Bertz CT molecular complexity index is 922. The SMILES string of the molecule is O=C(NCCc1nnc(-c2ccc(Cl)cc2)o1)c1ccc(C(F)(F)F)cc1. The number of benzene rings is 2. The van der Waals surface area contributed by atoms with Crippen LogP contribution in [0.25, 0.3) is 11.5 Å². The Kier molecular flexibility index (Phi) is 5.46. The molecule has 2 aromatic carbocycles. The molecule has 0 aliphatic heterocycles. The van der Waals surface area contributed by atoms with Gasteiger partial charge in [0.2, 0.25) is 11.8 Å². The fourth-order valence-corrected chi connectivity index (χ4v) is 2.39. The third kappa shape index (κ3) is 4.85. The fraction of sp³-hybridized carbons (Fsp3) is 0.167. The Morgan fingerprint density at radius 1 is 1.04 bits per heavy atom. The van der Waals surface area contributed by atoms with Crippen molar-refractivity contribution in [2.75, 3.05) is 6.54 Å². The molecule has 27 heavy (non-hydrogen) atoms. The van der Waals surface area contributed by atoms with Gasteiger partial charge in [0.15, 0.2) is 0 Å². The van der Waals surface area contributed by atoms with Gasteiger partial charge in [-0.3, -0.25) is 4.79 Å². The normalized spacial score (nSPS) is 11.4. The molecule has 140 valence electrons. The summed E-state index contributed by atoms with van der Waals surface area (Å²) in [6, 6.07) is 10.9. The first-order chi connectivity index (χ1) is 12.8. The van der Waals surface area contributed by atoms with Crippen molar-refractivity contribution in [1.29, 1.82) is 0 Å². The first kappa shape index (κ1) is 18.9. The van der Waals surface area contributed by atoms with Crippen molar-refractivity contribution < 1.29 is 22.4 Å². The molecule has 0 saturated carbocycles. The van der Waals surface area contributed by atoms with Crippen LogP contribution in [0.2, 0.25) is 5.02 Å². The van der Waals surface area contributed by atoms with Gasteiger partial charge < -0.3 is 9.73 Å². The van der Waals surface area contributed by atoms with Crippen LogP contribution in [0.5, 0.6) is 0 Å². The molecule has 1 aromatic heterocycles. The molecular formula is C18H13ClF3N3O2. The Morgan fingerprint density at radius 2 is 1.70 bits per heavy atom. The molecule has 3 aromatic rings. The van der Waals surface area contributed by atoms with Gasteiger partial charge in [0.05, 0.1) is 5.56 Å². The number of nitrogens with zero attached hydrogens (tertiary/aromatic N) is 2. The van der Waals surface area contributed by atoms with Crippen molar-refractivity contribution in [3.05, 3.63) is 70.6 Å². The van der Waals surface area contributed by atoms with Gasteiger partial charge in [-0.2, -0.15) is 13.2 Å². The molecule has 1 amide bonds. The summed E-state index contributed by atoms with van der Waals surface area (Å²) in [7, 11) is 0. The number of hydrogen-bond acceptors (Lipinski definition) is 4. The number of carbonyl (C=O) groups excluding carboxylic acids is 1. The third-order valence-electron chi connectivity index (χ3n) is 3.66. The van der Waals surface area contributed by atoms with E-state index in [0.29, 0.717) is 22.4 Å². The van der Waals surface area contributed by atoms with Crippen LogP contribution in [-0.4, -0.2) is 22.6 Å². The first-order valence-corrected chi connectivity index (χ1v) is 8.24. The van der Waals surface area contributed by atoms with Gasteiger partial charge in [-0.1, -0.05) is 11.6 Å². The van der Waals surface area contributed by atoms with Crippen LogP contribution in [0.15, 0.2) is 52.9 Å². The highest BCUT2D eigenvalue weighted by Crippen LogP contribution is 2.29. The van der Waals surface area contributed by atoms with Crippen LogP contribution in [-0.2, 0) is 12.6 Å². The molecule has 0 unspecified atom stereocenters. The van der Waals surface area contributed by atoms with E-state index >= 15 is 0 Å². The van der Waals surface area contributed by atoms with Gasteiger partial charge in [-0.25, -0.2) is 0 Å². The van der Waals surface area contributed by atoms with E-state index in [1.807, 2.05) is 0 Å². The lowest BCUT2D eigenvalue weighted by molar-refractivity contribution is -0.137. The average Bonchev–Trinajstić information content (AvgIpc) is 3.10. The van der Waals surface area contributed by atoms with E-state index in [4.69, 9.17) is 16.0 Å². The summed E-state index contributed by atoms with van der Waals surface area (Å²) in [6.45, 7) is 0.197. The highest BCUT2D eigenvalue weighted by atomic mass is 35.5. The van der Waals surface area contributed by atoms with Crippen molar-refractivity contribution in [1.82, 2.24) is 15.5 Å². The van der Waals surface area contributed by atoms with Crippen molar-refractivity contribution in [2.45, 2.75) is 12.6 Å². The number of alkyl halides is 3. The molecule has 5 nitrogen and oxygen atoms in total. The fourth-order valence-electron chi connectivity index (χ4n) is 2.26. The zero-order chi connectivity index (χ0) is 19.4. The lowest BCUT2D eigenvalue weighted by Crippen LogP contribution is -2.25. The molecule has 0 radical (unpaired) electrons. The number of carbonyl (C=O) groups is 1. The molecule has 3 rings (SSSR count). The zero-order valence-electron chi connectivity index (χ0n) is 13.8. The highest BCUT2D eigenvalue weighted by Gasteiger charge is 2.30. The summed E-state index contributed by atoms with van der Waals surface area (Å²) in [4.78, 5) is 12.0. The van der Waals surface area contributed by atoms with Gasteiger partial charge >= 0.3 is 6.18 Å². The minimum Gasteiger partial charge on any atom is -0.421 e. The molecule has 0 saturated heterocycles. The summed E-state index contributed by atoms with van der Waals surface area (Å²) in [5, 5.41) is 11.0.